The van der Waals surface area contributed by atoms with Crippen molar-refractivity contribution in [3.8, 4) is 11.1 Å². The van der Waals surface area contributed by atoms with E-state index in [-0.39, 0.29) is 0 Å². The molecule has 0 bridgehead atoms. The molecule has 0 unspecified atom stereocenters. The molecule has 0 amide bonds. The standard InChI is InChI=1S/C22H13/c1-2-5-15(6-3-1)19-13-11-18-10-9-16-7-4-8-17-12-14-20(19)22(18)21(16)17/h1-12,14H. The molecule has 101 valence electrons. The summed E-state index contributed by atoms with van der Waals surface area (Å²) < 4.78 is 0. The Bertz CT molecular complexity index is 1090. The van der Waals surface area contributed by atoms with Crippen LogP contribution in [0.15, 0.2) is 78.9 Å². The average Bonchev–Trinajstić information content (AvgIpc) is 2.60. The second kappa shape index (κ2) is 4.32. The Morgan fingerprint density at radius 3 is 2.09 bits per heavy atom. The van der Waals surface area contributed by atoms with Gasteiger partial charge in [0.15, 0.2) is 0 Å². The normalized spacial score (nSPS) is 11.6. The highest BCUT2D eigenvalue weighted by Gasteiger charge is 2.11. The van der Waals surface area contributed by atoms with Crippen LogP contribution in [0.3, 0.4) is 0 Å². The zero-order chi connectivity index (χ0) is 14.5. The molecule has 0 heterocycles. The van der Waals surface area contributed by atoms with Crippen molar-refractivity contribution in [1.29, 1.82) is 0 Å². The molecule has 5 aromatic carbocycles. The lowest BCUT2D eigenvalue weighted by molar-refractivity contribution is 1.66. The van der Waals surface area contributed by atoms with Gasteiger partial charge in [-0.15, -0.1) is 0 Å². The minimum Gasteiger partial charge on any atom is -0.0622 e. The van der Waals surface area contributed by atoms with E-state index in [0.29, 0.717) is 0 Å². The molecule has 0 aliphatic carbocycles. The van der Waals surface area contributed by atoms with E-state index in [1.807, 2.05) is 0 Å². The van der Waals surface area contributed by atoms with Gasteiger partial charge in [0.25, 0.3) is 0 Å². The summed E-state index contributed by atoms with van der Waals surface area (Å²) in [4.78, 5) is 0. The summed E-state index contributed by atoms with van der Waals surface area (Å²) in [6.45, 7) is 0. The molecule has 1 radical (unpaired) electrons. The second-order valence-corrected chi connectivity index (χ2v) is 5.75. The van der Waals surface area contributed by atoms with Crippen molar-refractivity contribution in [2.75, 3.05) is 0 Å². The average molecular weight is 277 g/mol. The summed E-state index contributed by atoms with van der Waals surface area (Å²) in [6, 6.07) is 31.5. The fraction of sp³-hybridized carbons (Fsp3) is 0. The van der Waals surface area contributed by atoms with Crippen molar-refractivity contribution in [1.82, 2.24) is 0 Å². The number of hydrogen-bond acceptors (Lipinski definition) is 0. The van der Waals surface area contributed by atoms with Gasteiger partial charge in [0, 0.05) is 0 Å². The lowest BCUT2D eigenvalue weighted by Gasteiger charge is -2.13. The minimum absolute atomic E-state index is 1.19. The van der Waals surface area contributed by atoms with Gasteiger partial charge in [-0.05, 0) is 55.6 Å². The maximum Gasteiger partial charge on any atom is -0.00201 e. The van der Waals surface area contributed by atoms with E-state index < -0.39 is 0 Å². The molecule has 5 rings (SSSR count). The van der Waals surface area contributed by atoms with Crippen molar-refractivity contribution in [2.45, 2.75) is 0 Å². The first-order valence-corrected chi connectivity index (χ1v) is 7.55. The van der Waals surface area contributed by atoms with Crippen LogP contribution >= 0.6 is 0 Å². The van der Waals surface area contributed by atoms with Gasteiger partial charge in [-0.2, -0.15) is 0 Å². The lowest BCUT2D eigenvalue weighted by atomic mass is 9.90. The molecule has 0 aliphatic rings. The summed E-state index contributed by atoms with van der Waals surface area (Å²) in [5, 5.41) is 7.88. The minimum atomic E-state index is 1.19. The molecule has 0 saturated heterocycles. The van der Waals surface area contributed by atoms with Crippen LogP contribution in [0.5, 0.6) is 0 Å². The van der Waals surface area contributed by atoms with E-state index in [4.69, 9.17) is 0 Å². The molecule has 0 spiro atoms. The zero-order valence-electron chi connectivity index (χ0n) is 12.0. The summed E-state index contributed by atoms with van der Waals surface area (Å²) in [5.74, 6) is 0. The smallest absolute Gasteiger partial charge is 0.00201 e. The Morgan fingerprint density at radius 1 is 0.545 bits per heavy atom. The van der Waals surface area contributed by atoms with Gasteiger partial charge in [-0.1, -0.05) is 72.8 Å². The molecule has 5 aromatic rings. The van der Waals surface area contributed by atoms with Crippen LogP contribution in [-0.4, -0.2) is 0 Å². The van der Waals surface area contributed by atoms with E-state index in [1.54, 1.807) is 0 Å². The van der Waals surface area contributed by atoms with Gasteiger partial charge < -0.3 is 0 Å². The molecule has 0 aliphatic heterocycles. The number of benzene rings is 5. The first-order chi connectivity index (χ1) is 10.9. The second-order valence-electron chi connectivity index (χ2n) is 5.75. The van der Waals surface area contributed by atoms with Gasteiger partial charge in [-0.3, -0.25) is 0 Å². The van der Waals surface area contributed by atoms with E-state index in [9.17, 15) is 0 Å². The third-order valence-corrected chi connectivity index (χ3v) is 4.51. The highest BCUT2D eigenvalue weighted by Crippen LogP contribution is 2.38. The fourth-order valence-electron chi connectivity index (χ4n) is 3.51. The SMILES string of the molecule is [c]1cc2ccc3cccc4ccc(c1-c1ccccc1)c2c34. The highest BCUT2D eigenvalue weighted by atomic mass is 14.1. The van der Waals surface area contributed by atoms with Gasteiger partial charge in [0.05, 0.1) is 0 Å². The van der Waals surface area contributed by atoms with Crippen LogP contribution in [0.1, 0.15) is 0 Å². The van der Waals surface area contributed by atoms with Crippen molar-refractivity contribution < 1.29 is 0 Å². The Kier molecular flexibility index (Phi) is 2.31. The molecule has 0 heteroatoms. The monoisotopic (exact) mass is 277 g/mol. The molecule has 0 fully saturated rings. The number of hydrogen-bond donors (Lipinski definition) is 0. The largest absolute Gasteiger partial charge is 0.0622 e. The Hall–Kier alpha value is -2.86. The number of rotatable bonds is 1. The quantitative estimate of drug-likeness (QED) is 0.327. The predicted octanol–water partition coefficient (Wildman–Crippen LogP) is 6.05. The van der Waals surface area contributed by atoms with Crippen molar-refractivity contribution in [2.24, 2.45) is 0 Å². The van der Waals surface area contributed by atoms with E-state index in [0.717, 1.165) is 0 Å². The van der Waals surface area contributed by atoms with Gasteiger partial charge in [-0.25, -0.2) is 0 Å². The van der Waals surface area contributed by atoms with E-state index in [2.05, 4.69) is 84.9 Å². The Balaban J connectivity index is 2.02. The van der Waals surface area contributed by atoms with Crippen LogP contribution in [0.25, 0.3) is 43.4 Å². The van der Waals surface area contributed by atoms with Gasteiger partial charge >= 0.3 is 0 Å². The Morgan fingerprint density at radius 2 is 1.27 bits per heavy atom. The zero-order valence-corrected chi connectivity index (χ0v) is 12.0. The van der Waals surface area contributed by atoms with Crippen molar-refractivity contribution in [3.05, 3.63) is 84.9 Å². The summed E-state index contributed by atoms with van der Waals surface area (Å²) in [7, 11) is 0. The molecule has 0 N–H and O–H groups in total. The van der Waals surface area contributed by atoms with Crippen LogP contribution in [0.4, 0.5) is 0 Å². The van der Waals surface area contributed by atoms with Crippen LogP contribution in [-0.2, 0) is 0 Å². The fourth-order valence-corrected chi connectivity index (χ4v) is 3.51. The third-order valence-electron chi connectivity index (χ3n) is 4.51. The summed E-state index contributed by atoms with van der Waals surface area (Å²) >= 11 is 0. The van der Waals surface area contributed by atoms with Crippen LogP contribution in [0, 0.1) is 6.07 Å². The molecular weight excluding hydrogens is 264 g/mol. The van der Waals surface area contributed by atoms with Crippen molar-refractivity contribution >= 4 is 32.3 Å². The molecular formula is C22H13. The van der Waals surface area contributed by atoms with Crippen molar-refractivity contribution in [3.63, 3.8) is 0 Å². The lowest BCUT2D eigenvalue weighted by Crippen LogP contribution is -1.87. The molecule has 0 nitrogen and oxygen atoms in total. The molecule has 0 atom stereocenters. The van der Waals surface area contributed by atoms with E-state index >= 15 is 0 Å². The maximum atomic E-state index is 3.49. The first kappa shape index (κ1) is 11.8. The summed E-state index contributed by atoms with van der Waals surface area (Å²) in [5.41, 5.74) is 2.41. The highest BCUT2D eigenvalue weighted by molar-refractivity contribution is 6.25. The molecule has 0 aromatic heterocycles. The van der Waals surface area contributed by atoms with Crippen LogP contribution < -0.4 is 0 Å². The maximum absolute atomic E-state index is 3.49. The Labute approximate surface area is 129 Å². The molecule has 0 saturated carbocycles. The van der Waals surface area contributed by atoms with Crippen LogP contribution in [0.2, 0.25) is 0 Å². The predicted molar refractivity (Wildman–Crippen MR) is 94.4 cm³/mol. The summed E-state index contributed by atoms with van der Waals surface area (Å²) in [6.07, 6.45) is 0. The van der Waals surface area contributed by atoms with Gasteiger partial charge in [0.2, 0.25) is 0 Å². The van der Waals surface area contributed by atoms with E-state index in [1.165, 1.54) is 43.4 Å². The third kappa shape index (κ3) is 1.52. The topological polar surface area (TPSA) is 0 Å². The molecule has 22 heavy (non-hydrogen) atoms. The first-order valence-electron chi connectivity index (χ1n) is 7.55. The van der Waals surface area contributed by atoms with Gasteiger partial charge in [0.1, 0.15) is 0 Å².